The van der Waals surface area contributed by atoms with Crippen LogP contribution in [0.25, 0.3) is 6.08 Å². The molecule has 0 bridgehead atoms. The standard InChI is InChI=1S/C24H23F3N2O2/c25-24(26,27)18-10-12-20(13-11-18)29-21(30)16-23(29,15-14-17-6-2-1-3-7-17)22(31)28-19-8-4-5-9-19/h1-3,6-7,10-15,19H,4-5,8-9,16H2,(H,28,31). The predicted molar refractivity (Wildman–Crippen MR) is 112 cm³/mol. The Morgan fingerprint density at radius 3 is 2.26 bits per heavy atom. The summed E-state index contributed by atoms with van der Waals surface area (Å²) in [7, 11) is 0. The van der Waals surface area contributed by atoms with Gasteiger partial charge in [0.05, 0.1) is 12.0 Å². The summed E-state index contributed by atoms with van der Waals surface area (Å²) in [4.78, 5) is 27.2. The second-order valence-electron chi connectivity index (χ2n) is 8.07. The van der Waals surface area contributed by atoms with Gasteiger partial charge in [0.1, 0.15) is 0 Å². The Morgan fingerprint density at radius 1 is 1.03 bits per heavy atom. The van der Waals surface area contributed by atoms with E-state index < -0.39 is 17.3 Å². The highest BCUT2D eigenvalue weighted by molar-refractivity contribution is 6.15. The lowest BCUT2D eigenvalue weighted by Crippen LogP contribution is -2.70. The van der Waals surface area contributed by atoms with Crippen LogP contribution in [0.2, 0.25) is 0 Å². The largest absolute Gasteiger partial charge is 0.416 e. The highest BCUT2D eigenvalue weighted by atomic mass is 19.4. The molecule has 1 heterocycles. The number of benzene rings is 2. The van der Waals surface area contributed by atoms with Gasteiger partial charge in [-0.3, -0.25) is 14.5 Å². The number of β-lactam (4-membered cyclic amide) rings is 1. The highest BCUT2D eigenvalue weighted by Gasteiger charge is 2.56. The Hall–Kier alpha value is -3.09. The average Bonchev–Trinajstić information content (AvgIpc) is 3.24. The molecular formula is C24H23F3N2O2. The minimum Gasteiger partial charge on any atom is -0.351 e. The van der Waals surface area contributed by atoms with Gasteiger partial charge in [-0.15, -0.1) is 0 Å². The summed E-state index contributed by atoms with van der Waals surface area (Å²) in [6, 6.07) is 13.8. The topological polar surface area (TPSA) is 49.4 Å². The first-order chi connectivity index (χ1) is 14.8. The first kappa shape index (κ1) is 21.2. The molecule has 2 aliphatic rings. The molecule has 1 atom stereocenters. The van der Waals surface area contributed by atoms with E-state index in [0.717, 1.165) is 43.4 Å². The third kappa shape index (κ3) is 4.22. The fourth-order valence-corrected chi connectivity index (χ4v) is 4.26. The summed E-state index contributed by atoms with van der Waals surface area (Å²) < 4.78 is 38.9. The van der Waals surface area contributed by atoms with Crippen LogP contribution in [0.3, 0.4) is 0 Å². The molecule has 1 saturated heterocycles. The smallest absolute Gasteiger partial charge is 0.351 e. The van der Waals surface area contributed by atoms with E-state index in [1.807, 2.05) is 30.3 Å². The maximum absolute atomic E-state index is 13.3. The molecule has 0 radical (unpaired) electrons. The number of carbonyl (C=O) groups is 2. The van der Waals surface area contributed by atoms with Gasteiger partial charge in [0.2, 0.25) is 5.91 Å². The predicted octanol–water partition coefficient (Wildman–Crippen LogP) is 4.95. The molecule has 2 aromatic rings. The SMILES string of the molecule is O=C1CC(C=Cc2ccccc2)(C(=O)NC2CCCC2)N1c1ccc(C(F)(F)F)cc1. The molecule has 1 N–H and O–H groups in total. The van der Waals surface area contributed by atoms with E-state index in [1.165, 1.54) is 17.0 Å². The molecule has 1 aliphatic carbocycles. The summed E-state index contributed by atoms with van der Waals surface area (Å²) in [5, 5.41) is 3.05. The van der Waals surface area contributed by atoms with Crippen LogP contribution in [0.1, 0.15) is 43.2 Å². The molecule has 7 heteroatoms. The number of anilines is 1. The van der Waals surface area contributed by atoms with Crippen LogP contribution < -0.4 is 10.2 Å². The van der Waals surface area contributed by atoms with Gasteiger partial charge in [0.25, 0.3) is 5.91 Å². The van der Waals surface area contributed by atoms with Crippen molar-refractivity contribution in [3.05, 3.63) is 71.8 Å². The molecule has 4 rings (SSSR count). The van der Waals surface area contributed by atoms with Crippen molar-refractivity contribution in [1.82, 2.24) is 5.32 Å². The van der Waals surface area contributed by atoms with E-state index in [-0.39, 0.29) is 30.0 Å². The van der Waals surface area contributed by atoms with Gasteiger partial charge in [0, 0.05) is 11.7 Å². The van der Waals surface area contributed by atoms with E-state index in [9.17, 15) is 22.8 Å². The Morgan fingerprint density at radius 2 is 1.68 bits per heavy atom. The van der Waals surface area contributed by atoms with E-state index in [0.29, 0.717) is 0 Å². The quantitative estimate of drug-likeness (QED) is 0.685. The minimum absolute atomic E-state index is 0.0318. The monoisotopic (exact) mass is 428 g/mol. The molecule has 162 valence electrons. The molecule has 1 unspecified atom stereocenters. The number of nitrogens with one attached hydrogen (secondary N) is 1. The zero-order valence-electron chi connectivity index (χ0n) is 16.9. The number of carbonyl (C=O) groups excluding carboxylic acids is 2. The Balaban J connectivity index is 1.68. The lowest BCUT2D eigenvalue weighted by atomic mass is 9.80. The average molecular weight is 428 g/mol. The Labute approximate surface area is 178 Å². The van der Waals surface area contributed by atoms with Gasteiger partial charge < -0.3 is 5.32 Å². The molecule has 2 aromatic carbocycles. The maximum atomic E-state index is 13.3. The first-order valence-electron chi connectivity index (χ1n) is 10.4. The third-order valence-corrected chi connectivity index (χ3v) is 5.96. The molecule has 0 aromatic heterocycles. The van der Waals surface area contributed by atoms with Crippen molar-refractivity contribution < 1.29 is 22.8 Å². The van der Waals surface area contributed by atoms with Crippen LogP contribution >= 0.6 is 0 Å². The summed E-state index contributed by atoms with van der Waals surface area (Å²) in [6.45, 7) is 0. The maximum Gasteiger partial charge on any atom is 0.416 e. The van der Waals surface area contributed by atoms with Gasteiger partial charge in [-0.1, -0.05) is 49.2 Å². The molecular weight excluding hydrogens is 405 g/mol. The van der Waals surface area contributed by atoms with Gasteiger partial charge in [-0.25, -0.2) is 0 Å². The van der Waals surface area contributed by atoms with Gasteiger partial charge in [-0.2, -0.15) is 13.2 Å². The van der Waals surface area contributed by atoms with Crippen molar-refractivity contribution in [2.24, 2.45) is 0 Å². The normalized spacial score (nSPS) is 22.0. The lowest BCUT2D eigenvalue weighted by Gasteiger charge is -2.49. The van der Waals surface area contributed by atoms with Crippen LogP contribution in [0.5, 0.6) is 0 Å². The van der Waals surface area contributed by atoms with Crippen molar-refractivity contribution >= 4 is 23.6 Å². The van der Waals surface area contributed by atoms with Gasteiger partial charge in [0.15, 0.2) is 5.54 Å². The summed E-state index contributed by atoms with van der Waals surface area (Å²) in [5.74, 6) is -0.606. The van der Waals surface area contributed by atoms with Crippen molar-refractivity contribution in [2.75, 3.05) is 4.90 Å². The first-order valence-corrected chi connectivity index (χ1v) is 10.4. The molecule has 1 aliphatic heterocycles. The highest BCUT2D eigenvalue weighted by Crippen LogP contribution is 2.40. The van der Waals surface area contributed by atoms with Crippen LogP contribution in [0.15, 0.2) is 60.7 Å². The summed E-state index contributed by atoms with van der Waals surface area (Å²) >= 11 is 0. The van der Waals surface area contributed by atoms with Crippen molar-refractivity contribution in [3.63, 3.8) is 0 Å². The number of hydrogen-bond donors (Lipinski definition) is 1. The molecule has 2 amide bonds. The Bertz CT molecular complexity index is 980. The molecule has 1 saturated carbocycles. The fraction of sp³-hybridized carbons (Fsp3) is 0.333. The number of hydrogen-bond acceptors (Lipinski definition) is 2. The number of rotatable bonds is 5. The van der Waals surface area contributed by atoms with Gasteiger partial charge in [-0.05, 0) is 48.7 Å². The third-order valence-electron chi connectivity index (χ3n) is 5.96. The van der Waals surface area contributed by atoms with Crippen LogP contribution in [0, 0.1) is 0 Å². The molecule has 31 heavy (non-hydrogen) atoms. The van der Waals surface area contributed by atoms with Crippen LogP contribution in [0.4, 0.5) is 18.9 Å². The van der Waals surface area contributed by atoms with Gasteiger partial charge >= 0.3 is 6.18 Å². The number of alkyl halides is 3. The van der Waals surface area contributed by atoms with E-state index >= 15 is 0 Å². The zero-order chi connectivity index (χ0) is 22.1. The van der Waals surface area contributed by atoms with E-state index in [2.05, 4.69) is 5.32 Å². The summed E-state index contributed by atoms with van der Waals surface area (Å²) in [6.07, 6.45) is 2.82. The van der Waals surface area contributed by atoms with E-state index in [4.69, 9.17) is 0 Å². The molecule has 4 nitrogen and oxygen atoms in total. The molecule has 0 spiro atoms. The minimum atomic E-state index is -4.47. The fourth-order valence-electron chi connectivity index (χ4n) is 4.26. The van der Waals surface area contributed by atoms with Crippen molar-refractivity contribution in [2.45, 2.75) is 49.9 Å². The van der Waals surface area contributed by atoms with E-state index in [1.54, 1.807) is 12.2 Å². The number of halogens is 3. The van der Waals surface area contributed by atoms with Crippen LogP contribution in [-0.2, 0) is 15.8 Å². The second kappa shape index (κ2) is 8.21. The Kier molecular flexibility index (Phi) is 5.60. The van der Waals surface area contributed by atoms with Crippen LogP contribution in [-0.4, -0.2) is 23.4 Å². The number of amides is 2. The number of nitrogens with zero attached hydrogens (tertiary/aromatic N) is 1. The zero-order valence-corrected chi connectivity index (χ0v) is 16.9. The molecule has 2 fully saturated rings. The second-order valence-corrected chi connectivity index (χ2v) is 8.07. The lowest BCUT2D eigenvalue weighted by molar-refractivity contribution is -0.138. The van der Waals surface area contributed by atoms with Crippen molar-refractivity contribution in [3.8, 4) is 0 Å². The van der Waals surface area contributed by atoms with Crippen molar-refractivity contribution in [1.29, 1.82) is 0 Å². The summed E-state index contributed by atoms with van der Waals surface area (Å²) in [5.41, 5.74) is -0.939.